The molecule has 1 heterocycles. The quantitative estimate of drug-likeness (QED) is 0.805. The van der Waals surface area contributed by atoms with Gasteiger partial charge in [-0.15, -0.1) is 0 Å². The molecule has 5 nitrogen and oxygen atoms in total. The largest absolute Gasteiger partial charge is 0.419 e. The van der Waals surface area contributed by atoms with Crippen LogP contribution in [0.25, 0.3) is 11.1 Å². The molecule has 1 aromatic heterocycles. The van der Waals surface area contributed by atoms with Crippen molar-refractivity contribution in [2.24, 2.45) is 7.05 Å². The number of hydrogen-bond donors (Lipinski definition) is 1. The van der Waals surface area contributed by atoms with E-state index >= 15 is 0 Å². The molecule has 3 aromatic rings. The van der Waals surface area contributed by atoms with Gasteiger partial charge in [-0.2, -0.15) is 0 Å². The molecule has 118 valence electrons. The first kappa shape index (κ1) is 15.0. The number of nitrogens with zero attached hydrogens (tertiary/aromatic N) is 1. The zero-order valence-electron chi connectivity index (χ0n) is 12.5. The minimum Gasteiger partial charge on any atom is -0.408 e. The first-order chi connectivity index (χ1) is 11.0. The molecule has 0 atom stereocenters. The molecule has 0 bridgehead atoms. The number of amides is 1. The predicted octanol–water partition coefficient (Wildman–Crippen LogP) is 2.84. The van der Waals surface area contributed by atoms with E-state index in [2.05, 4.69) is 5.32 Å². The summed E-state index contributed by atoms with van der Waals surface area (Å²) >= 11 is 0. The number of rotatable bonds is 4. The third kappa shape index (κ3) is 3.15. The number of anilines is 1. The van der Waals surface area contributed by atoms with Gasteiger partial charge in [0.15, 0.2) is 5.58 Å². The van der Waals surface area contributed by atoms with Gasteiger partial charge in [-0.25, -0.2) is 9.18 Å². The van der Waals surface area contributed by atoms with E-state index in [9.17, 15) is 14.0 Å². The molecule has 0 fully saturated rings. The third-order valence-electron chi connectivity index (χ3n) is 3.65. The number of nitrogens with one attached hydrogen (secondary N) is 1. The fourth-order valence-corrected chi connectivity index (χ4v) is 2.38. The summed E-state index contributed by atoms with van der Waals surface area (Å²) in [6.45, 7) is 0. The molecule has 0 unspecified atom stereocenters. The van der Waals surface area contributed by atoms with Crippen LogP contribution in [0.2, 0.25) is 0 Å². The van der Waals surface area contributed by atoms with Crippen LogP contribution in [0.15, 0.2) is 51.7 Å². The fourth-order valence-electron chi connectivity index (χ4n) is 2.38. The Morgan fingerprint density at radius 2 is 2.04 bits per heavy atom. The number of hydrogen-bond acceptors (Lipinski definition) is 3. The molecule has 3 rings (SSSR count). The van der Waals surface area contributed by atoms with Gasteiger partial charge >= 0.3 is 5.76 Å². The lowest BCUT2D eigenvalue weighted by molar-refractivity contribution is -0.116. The molecule has 0 spiro atoms. The Bertz CT molecular complexity index is 927. The lowest BCUT2D eigenvalue weighted by Gasteiger charge is -2.06. The summed E-state index contributed by atoms with van der Waals surface area (Å²) < 4.78 is 19.9. The standard InChI is InChI=1S/C17H15FN2O3/c1-20-14-10-12(7-8-15(14)23-17(20)22)19-16(21)9-6-11-4-2-3-5-13(11)18/h2-5,7-8,10H,6,9H2,1H3,(H,19,21). The lowest BCUT2D eigenvalue weighted by Crippen LogP contribution is -2.13. The predicted molar refractivity (Wildman–Crippen MR) is 84.8 cm³/mol. The van der Waals surface area contributed by atoms with Crippen molar-refractivity contribution in [2.45, 2.75) is 12.8 Å². The normalized spacial score (nSPS) is 10.9. The Hall–Kier alpha value is -2.89. The van der Waals surface area contributed by atoms with Crippen molar-refractivity contribution in [2.75, 3.05) is 5.32 Å². The van der Waals surface area contributed by atoms with E-state index in [-0.39, 0.29) is 18.1 Å². The van der Waals surface area contributed by atoms with E-state index in [0.717, 1.165) is 0 Å². The molecule has 1 amide bonds. The zero-order valence-corrected chi connectivity index (χ0v) is 12.5. The molecule has 0 aliphatic rings. The summed E-state index contributed by atoms with van der Waals surface area (Å²) in [6, 6.07) is 11.3. The van der Waals surface area contributed by atoms with Gasteiger partial charge in [0.1, 0.15) is 5.82 Å². The van der Waals surface area contributed by atoms with Crippen molar-refractivity contribution in [3.63, 3.8) is 0 Å². The third-order valence-corrected chi connectivity index (χ3v) is 3.65. The summed E-state index contributed by atoms with van der Waals surface area (Å²) in [5, 5.41) is 2.74. The second-order valence-corrected chi connectivity index (χ2v) is 5.25. The highest BCUT2D eigenvalue weighted by Gasteiger charge is 2.09. The van der Waals surface area contributed by atoms with Crippen molar-refractivity contribution in [1.29, 1.82) is 0 Å². The molecular weight excluding hydrogens is 299 g/mol. The lowest BCUT2D eigenvalue weighted by atomic mass is 10.1. The number of aromatic nitrogens is 1. The Labute approximate surface area is 131 Å². The molecule has 23 heavy (non-hydrogen) atoms. The molecule has 0 saturated carbocycles. The number of fused-ring (bicyclic) bond motifs is 1. The first-order valence-corrected chi connectivity index (χ1v) is 7.17. The zero-order chi connectivity index (χ0) is 16.4. The van der Waals surface area contributed by atoms with Gasteiger partial charge in [0, 0.05) is 19.2 Å². The van der Waals surface area contributed by atoms with Crippen molar-refractivity contribution >= 4 is 22.7 Å². The smallest absolute Gasteiger partial charge is 0.408 e. The molecule has 0 aliphatic carbocycles. The molecule has 0 aliphatic heterocycles. The van der Waals surface area contributed by atoms with Gasteiger partial charge in [-0.1, -0.05) is 18.2 Å². The van der Waals surface area contributed by atoms with Gasteiger partial charge < -0.3 is 9.73 Å². The highest BCUT2D eigenvalue weighted by atomic mass is 19.1. The van der Waals surface area contributed by atoms with Crippen LogP contribution in [-0.2, 0) is 18.3 Å². The van der Waals surface area contributed by atoms with Crippen molar-refractivity contribution in [1.82, 2.24) is 4.57 Å². The van der Waals surface area contributed by atoms with Crippen LogP contribution >= 0.6 is 0 Å². The summed E-state index contributed by atoms with van der Waals surface area (Å²) in [6.07, 6.45) is 0.494. The number of aryl methyl sites for hydroxylation is 2. The van der Waals surface area contributed by atoms with Crippen molar-refractivity contribution in [3.8, 4) is 0 Å². The highest BCUT2D eigenvalue weighted by molar-refractivity contribution is 5.92. The van der Waals surface area contributed by atoms with Crippen LogP contribution in [0.3, 0.4) is 0 Å². The highest BCUT2D eigenvalue weighted by Crippen LogP contribution is 2.18. The summed E-state index contributed by atoms with van der Waals surface area (Å²) in [4.78, 5) is 23.4. The average Bonchev–Trinajstić information content (AvgIpc) is 2.81. The minimum atomic E-state index is -0.456. The summed E-state index contributed by atoms with van der Waals surface area (Å²) in [5.74, 6) is -0.987. The monoisotopic (exact) mass is 314 g/mol. The van der Waals surface area contributed by atoms with Gasteiger partial charge in [-0.3, -0.25) is 9.36 Å². The van der Waals surface area contributed by atoms with Crippen LogP contribution < -0.4 is 11.1 Å². The maximum atomic E-state index is 13.5. The minimum absolute atomic E-state index is 0.170. The number of carbonyl (C=O) groups is 1. The SMILES string of the molecule is Cn1c(=O)oc2ccc(NC(=O)CCc3ccccc3F)cc21. The van der Waals surface area contributed by atoms with E-state index < -0.39 is 5.76 Å². The van der Waals surface area contributed by atoms with E-state index in [1.54, 1.807) is 43.4 Å². The summed E-state index contributed by atoms with van der Waals surface area (Å²) in [5.41, 5.74) is 2.13. The number of oxazole rings is 1. The summed E-state index contributed by atoms with van der Waals surface area (Å²) in [7, 11) is 1.60. The molecule has 0 saturated heterocycles. The average molecular weight is 314 g/mol. The van der Waals surface area contributed by atoms with E-state index in [4.69, 9.17) is 4.42 Å². The molecular formula is C17H15FN2O3. The second kappa shape index (κ2) is 6.08. The number of carbonyl (C=O) groups excluding carboxylic acids is 1. The topological polar surface area (TPSA) is 64.2 Å². The van der Waals surface area contributed by atoms with Crippen LogP contribution in [0.1, 0.15) is 12.0 Å². The van der Waals surface area contributed by atoms with Gasteiger partial charge in [0.2, 0.25) is 5.91 Å². The Morgan fingerprint density at radius 1 is 1.26 bits per heavy atom. The fraction of sp³-hybridized carbons (Fsp3) is 0.176. The van der Waals surface area contributed by atoms with Gasteiger partial charge in [0.25, 0.3) is 0 Å². The molecule has 6 heteroatoms. The van der Waals surface area contributed by atoms with E-state index in [1.165, 1.54) is 10.6 Å². The van der Waals surface area contributed by atoms with Crippen LogP contribution in [-0.4, -0.2) is 10.5 Å². The Balaban J connectivity index is 1.69. The molecule has 1 N–H and O–H groups in total. The molecule has 2 aromatic carbocycles. The number of halogens is 1. The maximum Gasteiger partial charge on any atom is 0.419 e. The molecule has 0 radical (unpaired) electrons. The van der Waals surface area contributed by atoms with Gasteiger partial charge in [-0.05, 0) is 36.2 Å². The first-order valence-electron chi connectivity index (χ1n) is 7.17. The van der Waals surface area contributed by atoms with Crippen LogP contribution in [0.5, 0.6) is 0 Å². The Kier molecular flexibility index (Phi) is 3.97. The van der Waals surface area contributed by atoms with Crippen molar-refractivity contribution < 1.29 is 13.6 Å². The van der Waals surface area contributed by atoms with Crippen LogP contribution in [0.4, 0.5) is 10.1 Å². The maximum absolute atomic E-state index is 13.5. The number of benzene rings is 2. The van der Waals surface area contributed by atoms with Crippen LogP contribution in [0, 0.1) is 5.82 Å². The van der Waals surface area contributed by atoms with Gasteiger partial charge in [0.05, 0.1) is 5.52 Å². The Morgan fingerprint density at radius 3 is 2.83 bits per heavy atom. The van der Waals surface area contributed by atoms with Crippen molar-refractivity contribution in [3.05, 3.63) is 64.4 Å². The second-order valence-electron chi connectivity index (χ2n) is 5.25. The van der Waals surface area contributed by atoms with E-state index in [0.29, 0.717) is 28.8 Å². The van der Waals surface area contributed by atoms with E-state index in [1.807, 2.05) is 0 Å².